The van der Waals surface area contributed by atoms with Crippen molar-refractivity contribution < 1.29 is 14.3 Å². The summed E-state index contributed by atoms with van der Waals surface area (Å²) < 4.78 is 5.91. The standard InChI is InChI=1S/C23H27ClN6O3/c1-4-26-30(25-3)20-12-13-21(27-15(2)31)29-22(20)23(32)28-19-7-5-6-16(19)14-33-18-10-8-17(24)9-11-18/h4,8-13,16,19H,3,5-7,14H2,1-2H3,(H,28,32)(H,27,29,31)/b26-4-/t16-,19+/m1/s1. The van der Waals surface area contributed by atoms with Crippen LogP contribution < -0.4 is 20.5 Å². The fourth-order valence-electron chi connectivity index (χ4n) is 3.71. The van der Waals surface area contributed by atoms with E-state index in [0.717, 1.165) is 25.0 Å². The lowest BCUT2D eigenvalue weighted by atomic mass is 10.0. The Morgan fingerprint density at radius 3 is 2.70 bits per heavy atom. The number of anilines is 2. The first-order valence-electron chi connectivity index (χ1n) is 10.6. The Morgan fingerprint density at radius 2 is 2.03 bits per heavy atom. The Morgan fingerprint density at radius 1 is 1.27 bits per heavy atom. The lowest BCUT2D eigenvalue weighted by Gasteiger charge is -2.22. The molecule has 33 heavy (non-hydrogen) atoms. The largest absolute Gasteiger partial charge is 0.493 e. The Balaban J connectivity index is 1.76. The summed E-state index contributed by atoms with van der Waals surface area (Å²) in [4.78, 5) is 29.1. The van der Waals surface area contributed by atoms with Gasteiger partial charge in [-0.1, -0.05) is 18.0 Å². The highest BCUT2D eigenvalue weighted by atomic mass is 35.5. The molecule has 0 spiro atoms. The van der Waals surface area contributed by atoms with E-state index in [-0.39, 0.29) is 35.3 Å². The zero-order valence-corrected chi connectivity index (χ0v) is 19.4. The van der Waals surface area contributed by atoms with E-state index in [2.05, 4.69) is 32.5 Å². The van der Waals surface area contributed by atoms with Gasteiger partial charge in [-0.05, 0) is 56.2 Å². The molecule has 1 aromatic heterocycles. The van der Waals surface area contributed by atoms with Crippen LogP contribution in [0.25, 0.3) is 0 Å². The van der Waals surface area contributed by atoms with Gasteiger partial charge in [0.15, 0.2) is 5.69 Å². The van der Waals surface area contributed by atoms with Crippen LogP contribution in [0.2, 0.25) is 5.02 Å². The van der Waals surface area contributed by atoms with Gasteiger partial charge in [-0.25, -0.2) is 4.98 Å². The zero-order chi connectivity index (χ0) is 23.8. The molecule has 1 aromatic carbocycles. The van der Waals surface area contributed by atoms with Crippen LogP contribution in [0, 0.1) is 5.92 Å². The third-order valence-corrected chi connectivity index (χ3v) is 5.47. The Hall–Kier alpha value is -3.46. The maximum atomic E-state index is 13.3. The van der Waals surface area contributed by atoms with E-state index in [9.17, 15) is 9.59 Å². The molecule has 1 saturated carbocycles. The summed E-state index contributed by atoms with van der Waals surface area (Å²) >= 11 is 5.93. The summed E-state index contributed by atoms with van der Waals surface area (Å²) in [5.41, 5.74) is 0.435. The van der Waals surface area contributed by atoms with Gasteiger partial charge in [0.25, 0.3) is 5.91 Å². The van der Waals surface area contributed by atoms with Gasteiger partial charge in [0.1, 0.15) is 17.3 Å². The van der Waals surface area contributed by atoms with Gasteiger partial charge in [0, 0.05) is 36.8 Å². The summed E-state index contributed by atoms with van der Waals surface area (Å²) in [7, 11) is 0. The van der Waals surface area contributed by atoms with Crippen molar-refractivity contribution in [2.24, 2.45) is 16.1 Å². The molecule has 9 nitrogen and oxygen atoms in total. The normalized spacial score (nSPS) is 17.5. The number of benzene rings is 1. The first kappa shape index (κ1) is 24.2. The van der Waals surface area contributed by atoms with Crippen molar-refractivity contribution >= 4 is 47.9 Å². The molecule has 1 aliphatic rings. The number of halogens is 1. The van der Waals surface area contributed by atoms with Crippen LogP contribution in [0.4, 0.5) is 11.5 Å². The number of carbonyl (C=O) groups is 2. The number of hydrazone groups is 2. The van der Waals surface area contributed by atoms with Gasteiger partial charge in [0.2, 0.25) is 5.91 Å². The number of hydrogen-bond acceptors (Lipinski definition) is 7. The van der Waals surface area contributed by atoms with Crippen molar-refractivity contribution in [2.45, 2.75) is 39.2 Å². The minimum Gasteiger partial charge on any atom is -0.493 e. The fourth-order valence-corrected chi connectivity index (χ4v) is 3.84. The minimum atomic E-state index is -0.388. The molecule has 2 amide bonds. The van der Waals surface area contributed by atoms with E-state index < -0.39 is 0 Å². The second-order valence-electron chi connectivity index (χ2n) is 7.59. The molecule has 1 fully saturated rings. The number of amides is 2. The van der Waals surface area contributed by atoms with Crippen molar-refractivity contribution in [2.75, 3.05) is 17.0 Å². The quantitative estimate of drug-likeness (QED) is 0.423. The predicted octanol–water partition coefficient (Wildman–Crippen LogP) is 4.10. The average molecular weight is 471 g/mol. The van der Waals surface area contributed by atoms with Gasteiger partial charge >= 0.3 is 0 Å². The number of hydrogen-bond donors (Lipinski definition) is 2. The summed E-state index contributed by atoms with van der Waals surface area (Å²) in [5, 5.41) is 15.5. The first-order chi connectivity index (χ1) is 15.9. The Labute approximate surface area is 197 Å². The van der Waals surface area contributed by atoms with Crippen molar-refractivity contribution in [3.8, 4) is 5.75 Å². The van der Waals surface area contributed by atoms with E-state index in [1.54, 1.807) is 31.2 Å². The molecule has 0 unspecified atom stereocenters. The molecular formula is C23H27ClN6O3. The molecule has 1 aliphatic carbocycles. The van der Waals surface area contributed by atoms with Crippen molar-refractivity contribution in [1.29, 1.82) is 0 Å². The zero-order valence-electron chi connectivity index (χ0n) is 18.6. The van der Waals surface area contributed by atoms with Crippen LogP contribution in [0.5, 0.6) is 5.75 Å². The fraction of sp³-hybridized carbons (Fsp3) is 0.348. The first-order valence-corrected chi connectivity index (χ1v) is 11.0. The van der Waals surface area contributed by atoms with E-state index in [4.69, 9.17) is 16.3 Å². The van der Waals surface area contributed by atoms with Gasteiger partial charge in [0.05, 0.1) is 6.61 Å². The van der Waals surface area contributed by atoms with Crippen molar-refractivity contribution in [3.05, 3.63) is 47.1 Å². The molecular weight excluding hydrogens is 444 g/mol. The van der Waals surface area contributed by atoms with Crippen LogP contribution in [0.1, 0.15) is 43.6 Å². The summed E-state index contributed by atoms with van der Waals surface area (Å²) in [6.45, 7) is 7.08. The van der Waals surface area contributed by atoms with E-state index in [0.29, 0.717) is 17.3 Å². The number of rotatable bonds is 9. The average Bonchev–Trinajstić information content (AvgIpc) is 3.23. The molecule has 174 valence electrons. The molecule has 0 saturated heterocycles. The molecule has 3 rings (SSSR count). The molecule has 2 atom stereocenters. The monoisotopic (exact) mass is 470 g/mol. The Kier molecular flexibility index (Phi) is 8.37. The van der Waals surface area contributed by atoms with Crippen LogP contribution in [0.15, 0.2) is 46.6 Å². The topological polar surface area (TPSA) is 108 Å². The van der Waals surface area contributed by atoms with Crippen LogP contribution in [-0.2, 0) is 4.79 Å². The van der Waals surface area contributed by atoms with Crippen molar-refractivity contribution in [1.82, 2.24) is 10.3 Å². The van der Waals surface area contributed by atoms with E-state index in [1.165, 1.54) is 18.3 Å². The van der Waals surface area contributed by atoms with Crippen LogP contribution in [-0.4, -0.2) is 42.4 Å². The van der Waals surface area contributed by atoms with Gasteiger partial charge < -0.3 is 15.4 Å². The predicted molar refractivity (Wildman–Crippen MR) is 130 cm³/mol. The molecule has 0 aliphatic heterocycles. The van der Waals surface area contributed by atoms with Crippen molar-refractivity contribution in [3.63, 3.8) is 0 Å². The number of carbonyl (C=O) groups excluding carboxylic acids is 2. The summed E-state index contributed by atoms with van der Waals surface area (Å²) in [5.74, 6) is 0.458. The Bertz CT molecular complexity index is 1030. The summed E-state index contributed by atoms with van der Waals surface area (Å²) in [6.07, 6.45) is 4.27. The maximum Gasteiger partial charge on any atom is 0.272 e. The highest BCUT2D eigenvalue weighted by molar-refractivity contribution is 6.30. The number of pyridine rings is 1. The second-order valence-corrected chi connectivity index (χ2v) is 8.02. The molecule has 2 aromatic rings. The smallest absolute Gasteiger partial charge is 0.272 e. The lowest BCUT2D eigenvalue weighted by Crippen LogP contribution is -2.40. The second kappa shape index (κ2) is 11.4. The lowest BCUT2D eigenvalue weighted by molar-refractivity contribution is -0.114. The molecule has 2 N–H and O–H groups in total. The maximum absolute atomic E-state index is 13.3. The highest BCUT2D eigenvalue weighted by Gasteiger charge is 2.31. The van der Waals surface area contributed by atoms with Crippen LogP contribution >= 0.6 is 11.6 Å². The molecule has 10 heteroatoms. The number of aromatic nitrogens is 1. The van der Waals surface area contributed by atoms with Crippen LogP contribution in [0.3, 0.4) is 0 Å². The van der Waals surface area contributed by atoms with Gasteiger partial charge in [-0.2, -0.15) is 15.3 Å². The summed E-state index contributed by atoms with van der Waals surface area (Å²) in [6, 6.07) is 10.3. The molecule has 0 radical (unpaired) electrons. The van der Waals surface area contributed by atoms with Gasteiger partial charge in [-0.3, -0.25) is 9.59 Å². The van der Waals surface area contributed by atoms with E-state index in [1.807, 2.05) is 12.1 Å². The minimum absolute atomic E-state index is 0.0799. The third kappa shape index (κ3) is 6.52. The molecule has 0 bridgehead atoms. The highest BCUT2D eigenvalue weighted by Crippen LogP contribution is 2.28. The third-order valence-electron chi connectivity index (χ3n) is 5.22. The van der Waals surface area contributed by atoms with Gasteiger partial charge in [-0.15, -0.1) is 0 Å². The molecule has 1 heterocycles. The van der Waals surface area contributed by atoms with E-state index >= 15 is 0 Å². The number of nitrogens with zero attached hydrogens (tertiary/aromatic N) is 4. The SMILES string of the molecule is C=NN(/N=C\C)c1ccc(NC(C)=O)nc1C(=O)N[C@H]1CCC[C@@H]1COc1ccc(Cl)cc1. The number of ether oxygens (including phenoxy) is 1. The number of nitrogens with one attached hydrogen (secondary N) is 2.